The van der Waals surface area contributed by atoms with Crippen molar-refractivity contribution in [3.8, 4) is 17.3 Å². The molecule has 0 fully saturated rings. The van der Waals surface area contributed by atoms with Gasteiger partial charge in [-0.2, -0.15) is 4.98 Å². The molecule has 2 heterocycles. The molecule has 0 saturated heterocycles. The predicted octanol–water partition coefficient (Wildman–Crippen LogP) is 2.68. The largest absolute Gasteiger partial charge is 0.506 e. The molecule has 8 nitrogen and oxygen atoms in total. The van der Waals surface area contributed by atoms with E-state index in [0.29, 0.717) is 36.4 Å². The number of carboxylic acids is 1. The van der Waals surface area contributed by atoms with Gasteiger partial charge in [0.05, 0.1) is 6.20 Å². The summed E-state index contributed by atoms with van der Waals surface area (Å²) in [6, 6.07) is 3.04. The van der Waals surface area contributed by atoms with E-state index in [1.54, 1.807) is 6.07 Å². The lowest BCUT2D eigenvalue weighted by molar-refractivity contribution is -0.133. The predicted molar refractivity (Wildman–Crippen MR) is 90.3 cm³/mol. The van der Waals surface area contributed by atoms with Gasteiger partial charge in [-0.25, -0.2) is 9.78 Å². The van der Waals surface area contributed by atoms with E-state index in [1.807, 2.05) is 0 Å². The smallest absolute Gasteiger partial charge is 0.331 e. The molecular formula is C18H19N3O5. The molecule has 0 aliphatic heterocycles. The minimum atomic E-state index is -0.921. The fourth-order valence-corrected chi connectivity index (χ4v) is 2.97. The average molecular weight is 357 g/mol. The van der Waals surface area contributed by atoms with Gasteiger partial charge in [0, 0.05) is 24.8 Å². The number of Topliss-reactive ketones (excluding diaryl/α,β-unsaturated/α-hetero) is 1. The van der Waals surface area contributed by atoms with Crippen molar-refractivity contribution >= 4 is 11.8 Å². The molecule has 26 heavy (non-hydrogen) atoms. The Balaban J connectivity index is 1.58. The second kappa shape index (κ2) is 7.90. The SMILES string of the molecule is O=C(CCc1nc(-c2ccc(O)cn2)no1)CC1=C(C(=O)O)CCCC1. The number of aryl methyl sites for hydroxylation is 1. The zero-order valence-electron chi connectivity index (χ0n) is 14.1. The molecule has 2 N–H and O–H groups in total. The quantitative estimate of drug-likeness (QED) is 0.774. The molecule has 0 spiro atoms. The molecular weight excluding hydrogens is 338 g/mol. The summed E-state index contributed by atoms with van der Waals surface area (Å²) in [5, 5.41) is 22.3. The van der Waals surface area contributed by atoms with E-state index in [2.05, 4.69) is 15.1 Å². The number of nitrogens with zero attached hydrogens (tertiary/aromatic N) is 3. The van der Waals surface area contributed by atoms with E-state index in [1.165, 1.54) is 12.3 Å². The van der Waals surface area contributed by atoms with E-state index in [-0.39, 0.29) is 30.2 Å². The third-order valence-electron chi connectivity index (χ3n) is 4.31. The Labute approximate surface area is 149 Å². The number of aromatic hydroxyl groups is 1. The van der Waals surface area contributed by atoms with Crippen molar-refractivity contribution in [3.63, 3.8) is 0 Å². The number of carboxylic acid groups (broad SMARTS) is 1. The highest BCUT2D eigenvalue weighted by molar-refractivity contribution is 5.90. The Hall–Kier alpha value is -3.03. The first-order valence-electron chi connectivity index (χ1n) is 8.47. The van der Waals surface area contributed by atoms with Crippen LogP contribution in [-0.2, 0) is 16.0 Å². The number of pyridine rings is 1. The molecule has 8 heteroatoms. The van der Waals surface area contributed by atoms with Gasteiger partial charge >= 0.3 is 5.97 Å². The van der Waals surface area contributed by atoms with Crippen LogP contribution in [0.25, 0.3) is 11.5 Å². The number of carbonyl (C=O) groups excluding carboxylic acids is 1. The third-order valence-corrected chi connectivity index (χ3v) is 4.31. The van der Waals surface area contributed by atoms with Crippen LogP contribution >= 0.6 is 0 Å². The van der Waals surface area contributed by atoms with Gasteiger partial charge in [-0.05, 0) is 37.8 Å². The fraction of sp³-hybridized carbons (Fsp3) is 0.389. The van der Waals surface area contributed by atoms with E-state index in [4.69, 9.17) is 4.52 Å². The number of hydrogen-bond donors (Lipinski definition) is 2. The van der Waals surface area contributed by atoms with Crippen molar-refractivity contribution in [3.05, 3.63) is 35.4 Å². The van der Waals surface area contributed by atoms with Gasteiger partial charge in [0.25, 0.3) is 0 Å². The van der Waals surface area contributed by atoms with Crippen LogP contribution in [0.2, 0.25) is 0 Å². The number of aromatic nitrogens is 3. The van der Waals surface area contributed by atoms with Gasteiger partial charge in [0.2, 0.25) is 11.7 Å². The van der Waals surface area contributed by atoms with Gasteiger partial charge in [-0.1, -0.05) is 10.7 Å². The van der Waals surface area contributed by atoms with Crippen molar-refractivity contribution in [1.29, 1.82) is 0 Å². The minimum absolute atomic E-state index is 0.0387. The second-order valence-corrected chi connectivity index (χ2v) is 6.22. The molecule has 1 aliphatic carbocycles. The van der Waals surface area contributed by atoms with Crippen molar-refractivity contribution in [2.24, 2.45) is 0 Å². The molecule has 0 saturated carbocycles. The van der Waals surface area contributed by atoms with E-state index in [0.717, 1.165) is 18.4 Å². The Morgan fingerprint density at radius 1 is 1.19 bits per heavy atom. The maximum absolute atomic E-state index is 12.2. The molecule has 0 radical (unpaired) electrons. The molecule has 0 aromatic carbocycles. The number of rotatable bonds is 7. The van der Waals surface area contributed by atoms with Crippen LogP contribution in [0.15, 0.2) is 34.0 Å². The number of ketones is 1. The monoisotopic (exact) mass is 357 g/mol. The van der Waals surface area contributed by atoms with Gasteiger partial charge in [0.15, 0.2) is 0 Å². The Bertz CT molecular complexity index is 839. The summed E-state index contributed by atoms with van der Waals surface area (Å²) in [5.41, 5.74) is 1.60. The van der Waals surface area contributed by atoms with Crippen LogP contribution < -0.4 is 0 Å². The zero-order chi connectivity index (χ0) is 18.5. The van der Waals surface area contributed by atoms with Crippen LogP contribution in [-0.4, -0.2) is 37.1 Å². The Morgan fingerprint density at radius 2 is 2.00 bits per heavy atom. The van der Waals surface area contributed by atoms with Gasteiger partial charge in [-0.3, -0.25) is 4.79 Å². The van der Waals surface area contributed by atoms with Crippen LogP contribution in [0.3, 0.4) is 0 Å². The van der Waals surface area contributed by atoms with Gasteiger partial charge in [-0.15, -0.1) is 0 Å². The van der Waals surface area contributed by atoms with Gasteiger partial charge < -0.3 is 14.7 Å². The highest BCUT2D eigenvalue weighted by atomic mass is 16.5. The molecule has 0 amide bonds. The van der Waals surface area contributed by atoms with Crippen molar-refractivity contribution in [2.75, 3.05) is 0 Å². The first-order valence-corrected chi connectivity index (χ1v) is 8.47. The molecule has 2 aromatic heterocycles. The third kappa shape index (κ3) is 4.33. The number of carbonyl (C=O) groups is 2. The molecule has 2 aromatic rings. The molecule has 0 bridgehead atoms. The Morgan fingerprint density at radius 3 is 2.73 bits per heavy atom. The van der Waals surface area contributed by atoms with Crippen LogP contribution in [0.4, 0.5) is 0 Å². The normalized spacial score (nSPS) is 14.5. The zero-order valence-corrected chi connectivity index (χ0v) is 14.1. The van der Waals surface area contributed by atoms with Crippen LogP contribution in [0.1, 0.15) is 44.4 Å². The van der Waals surface area contributed by atoms with E-state index < -0.39 is 5.97 Å². The summed E-state index contributed by atoms with van der Waals surface area (Å²) < 4.78 is 5.13. The van der Waals surface area contributed by atoms with Crippen molar-refractivity contribution < 1.29 is 24.3 Å². The molecule has 0 atom stereocenters. The summed E-state index contributed by atoms with van der Waals surface area (Å²) in [6.07, 6.45) is 4.94. The summed E-state index contributed by atoms with van der Waals surface area (Å²) >= 11 is 0. The van der Waals surface area contributed by atoms with Crippen LogP contribution in [0, 0.1) is 0 Å². The summed E-state index contributed by atoms with van der Waals surface area (Å²) in [6.45, 7) is 0. The molecule has 136 valence electrons. The number of hydrogen-bond acceptors (Lipinski definition) is 7. The van der Waals surface area contributed by atoms with E-state index >= 15 is 0 Å². The summed E-state index contributed by atoms with van der Waals surface area (Å²) in [7, 11) is 0. The van der Waals surface area contributed by atoms with E-state index in [9.17, 15) is 19.8 Å². The highest BCUT2D eigenvalue weighted by Crippen LogP contribution is 2.28. The lowest BCUT2D eigenvalue weighted by Gasteiger charge is -2.16. The van der Waals surface area contributed by atoms with Crippen LogP contribution in [0.5, 0.6) is 5.75 Å². The maximum Gasteiger partial charge on any atom is 0.331 e. The number of aliphatic carboxylic acids is 1. The highest BCUT2D eigenvalue weighted by Gasteiger charge is 2.20. The lowest BCUT2D eigenvalue weighted by atomic mass is 9.88. The molecule has 0 unspecified atom stereocenters. The average Bonchev–Trinajstić information content (AvgIpc) is 3.10. The molecule has 1 aliphatic rings. The van der Waals surface area contributed by atoms with Gasteiger partial charge in [0.1, 0.15) is 17.2 Å². The Kier molecular flexibility index (Phi) is 5.40. The molecule has 3 rings (SSSR count). The topological polar surface area (TPSA) is 126 Å². The summed E-state index contributed by atoms with van der Waals surface area (Å²) in [5.74, 6) is -0.311. The number of allylic oxidation sites excluding steroid dienone is 1. The minimum Gasteiger partial charge on any atom is -0.506 e. The first kappa shape index (κ1) is 17.8. The van der Waals surface area contributed by atoms with Crippen molar-refractivity contribution in [2.45, 2.75) is 44.9 Å². The fourth-order valence-electron chi connectivity index (χ4n) is 2.97. The lowest BCUT2D eigenvalue weighted by Crippen LogP contribution is -2.12. The first-order chi connectivity index (χ1) is 12.5. The standard InChI is InChI=1S/C18H19N3O5/c22-12(9-11-3-1-2-4-14(11)18(24)25)6-8-16-20-17(21-26-16)15-7-5-13(23)10-19-15/h5,7,10,23H,1-4,6,8-9H2,(H,24,25). The summed E-state index contributed by atoms with van der Waals surface area (Å²) in [4.78, 5) is 31.7. The van der Waals surface area contributed by atoms with Crippen molar-refractivity contribution in [1.82, 2.24) is 15.1 Å². The maximum atomic E-state index is 12.2. The second-order valence-electron chi connectivity index (χ2n) is 6.22.